The lowest BCUT2D eigenvalue weighted by atomic mass is 9.76. The molecule has 7 rings (SSSR count). The minimum absolute atomic E-state index is 0.178. The van der Waals surface area contributed by atoms with E-state index in [0.29, 0.717) is 24.7 Å². The van der Waals surface area contributed by atoms with E-state index in [-0.39, 0.29) is 33.0 Å². The molecule has 1 saturated heterocycles. The first-order valence-corrected chi connectivity index (χ1v) is 18.7. The summed E-state index contributed by atoms with van der Waals surface area (Å²) < 4.78 is 153. The van der Waals surface area contributed by atoms with Crippen molar-refractivity contribution in [1.29, 1.82) is 5.26 Å². The Kier molecular flexibility index (Phi) is 10.9. The molecule has 4 N–H and O–H groups in total. The molecule has 1 aliphatic carbocycles. The summed E-state index contributed by atoms with van der Waals surface area (Å²) in [5.74, 6) is -8.44. The molecule has 2 aromatic heterocycles. The zero-order valence-corrected chi connectivity index (χ0v) is 31.7. The van der Waals surface area contributed by atoms with Gasteiger partial charge in [0.15, 0.2) is 5.82 Å². The molecule has 2 unspecified atom stereocenters. The standard InChI is InChI=1S/C37H35F9N8O3S/c1-15(29-22(55-3)7-9-53(29)2)57-35-51-28-25-30(26(37(44,45)46)24(27(28)40)17-4-5-20(39)31-23(17)19(13-47)33(49)58-31)56-11-10-54(34(25)52-35)21(6-8-36(41,42)43)18-12-16(38)14-50-32(18)48/h4-5,12,14-15,17,21-23,29H,6-11,49H2,1-3H3,(H2,48,50)/t15-,17?,21+,22-,23?,29+/m0/s1. The summed E-state index contributed by atoms with van der Waals surface area (Å²) in [7, 11) is 3.31. The molecule has 0 bridgehead atoms. The number of likely N-dealkylation sites (N-methyl/N-ethyl adjacent to an activating group) is 1. The van der Waals surface area contributed by atoms with Gasteiger partial charge in [-0.05, 0) is 39.0 Å². The molecule has 310 valence electrons. The van der Waals surface area contributed by atoms with Crippen LogP contribution in [0.15, 0.2) is 45.7 Å². The Labute approximate surface area is 329 Å². The van der Waals surface area contributed by atoms with Gasteiger partial charge in [0.05, 0.1) is 53.0 Å². The number of allylic oxidation sites excluding steroid dienone is 5. The predicted molar refractivity (Wildman–Crippen MR) is 194 cm³/mol. The van der Waals surface area contributed by atoms with Gasteiger partial charge in [-0.25, -0.2) is 18.2 Å². The molecule has 3 aromatic rings. The number of anilines is 2. The molecule has 0 radical (unpaired) electrons. The Morgan fingerprint density at radius 2 is 1.86 bits per heavy atom. The number of nitrogens with two attached hydrogens (primary N) is 2. The van der Waals surface area contributed by atoms with Crippen LogP contribution in [0.2, 0.25) is 0 Å². The van der Waals surface area contributed by atoms with Crippen molar-refractivity contribution in [2.45, 2.75) is 68.7 Å². The number of nitriles is 1. The number of hydrogen-bond acceptors (Lipinski definition) is 12. The maximum atomic E-state index is 17.6. The number of aromatic nitrogens is 3. The van der Waals surface area contributed by atoms with E-state index in [1.807, 2.05) is 11.0 Å². The van der Waals surface area contributed by atoms with E-state index in [4.69, 9.17) is 25.7 Å². The highest BCUT2D eigenvalue weighted by atomic mass is 32.2. The molecule has 4 aliphatic rings. The van der Waals surface area contributed by atoms with Crippen molar-refractivity contribution >= 4 is 34.3 Å². The third kappa shape index (κ3) is 7.34. The van der Waals surface area contributed by atoms with Gasteiger partial charge in [-0.15, -0.1) is 0 Å². The van der Waals surface area contributed by atoms with Crippen LogP contribution in [-0.2, 0) is 10.9 Å². The topological polar surface area (TPSA) is 149 Å². The lowest BCUT2D eigenvalue weighted by molar-refractivity contribution is -0.139. The van der Waals surface area contributed by atoms with Crippen LogP contribution in [0.1, 0.15) is 54.8 Å². The summed E-state index contributed by atoms with van der Waals surface area (Å²) in [6.45, 7) is 1.13. The smallest absolute Gasteiger partial charge is 0.420 e. The number of thioether (sulfide) groups is 1. The molecule has 11 nitrogen and oxygen atoms in total. The molecule has 0 amide bonds. The van der Waals surface area contributed by atoms with Crippen LogP contribution in [0.25, 0.3) is 10.9 Å². The number of halogens is 9. The van der Waals surface area contributed by atoms with Crippen molar-refractivity contribution in [2.24, 2.45) is 11.7 Å². The highest BCUT2D eigenvalue weighted by molar-refractivity contribution is 8.07. The van der Waals surface area contributed by atoms with Gasteiger partial charge < -0.3 is 30.6 Å². The Balaban J connectivity index is 1.52. The second-order valence-corrected chi connectivity index (χ2v) is 15.3. The Hall–Kier alpha value is -4.94. The fraction of sp³-hybridized carbons (Fsp3) is 0.459. The third-order valence-corrected chi connectivity index (χ3v) is 11.9. The van der Waals surface area contributed by atoms with E-state index < -0.39 is 125 Å². The number of likely N-dealkylation sites (tertiary alicyclic amines) is 1. The number of ether oxygens (including phenoxy) is 3. The van der Waals surface area contributed by atoms with Crippen LogP contribution in [0.3, 0.4) is 0 Å². The van der Waals surface area contributed by atoms with E-state index in [2.05, 4.69) is 15.0 Å². The fourth-order valence-electron chi connectivity index (χ4n) is 8.37. The zero-order chi connectivity index (χ0) is 42.0. The van der Waals surface area contributed by atoms with Gasteiger partial charge >= 0.3 is 18.4 Å². The minimum Gasteiger partial charge on any atom is -0.490 e. The van der Waals surface area contributed by atoms with Gasteiger partial charge in [0.2, 0.25) is 0 Å². The molecule has 21 heteroatoms. The van der Waals surface area contributed by atoms with Crippen LogP contribution in [-0.4, -0.2) is 78.1 Å². The van der Waals surface area contributed by atoms with Gasteiger partial charge in [-0.3, -0.25) is 4.90 Å². The molecule has 58 heavy (non-hydrogen) atoms. The second kappa shape index (κ2) is 15.3. The van der Waals surface area contributed by atoms with Crippen molar-refractivity contribution < 1.29 is 53.7 Å². The molecule has 0 saturated carbocycles. The largest absolute Gasteiger partial charge is 0.490 e. The van der Waals surface area contributed by atoms with E-state index >= 15 is 22.0 Å². The summed E-state index contributed by atoms with van der Waals surface area (Å²) in [6, 6.07) is 0.120. The van der Waals surface area contributed by atoms with Crippen molar-refractivity contribution in [3.8, 4) is 17.8 Å². The Bertz CT molecular complexity index is 2280. The Morgan fingerprint density at radius 1 is 1.12 bits per heavy atom. The first kappa shape index (κ1) is 41.2. The van der Waals surface area contributed by atoms with Gasteiger partial charge in [-0.2, -0.15) is 41.6 Å². The summed E-state index contributed by atoms with van der Waals surface area (Å²) in [5.41, 5.74) is 8.08. The fourth-order valence-corrected chi connectivity index (χ4v) is 9.44. The quantitative estimate of drug-likeness (QED) is 0.205. The number of pyridine rings is 1. The summed E-state index contributed by atoms with van der Waals surface area (Å²) in [4.78, 5) is 15.4. The molecular weight excluding hydrogens is 808 g/mol. The van der Waals surface area contributed by atoms with E-state index in [1.165, 1.54) is 7.11 Å². The van der Waals surface area contributed by atoms with Gasteiger partial charge in [0.1, 0.15) is 52.8 Å². The third-order valence-electron chi connectivity index (χ3n) is 10.8. The number of benzene rings is 1. The van der Waals surface area contributed by atoms with Gasteiger partial charge in [0, 0.05) is 47.9 Å². The number of fused-ring (bicyclic) bond motifs is 1. The number of rotatable bonds is 9. The predicted octanol–water partition coefficient (Wildman–Crippen LogP) is 7.56. The van der Waals surface area contributed by atoms with E-state index in [1.54, 1.807) is 14.0 Å². The van der Waals surface area contributed by atoms with Crippen LogP contribution >= 0.6 is 11.8 Å². The van der Waals surface area contributed by atoms with E-state index in [0.717, 1.165) is 29.3 Å². The Morgan fingerprint density at radius 3 is 2.53 bits per heavy atom. The van der Waals surface area contributed by atoms with Gasteiger partial charge in [-0.1, -0.05) is 17.8 Å². The van der Waals surface area contributed by atoms with Crippen molar-refractivity contribution in [1.82, 2.24) is 19.9 Å². The van der Waals surface area contributed by atoms with E-state index in [9.17, 15) is 22.8 Å². The normalized spacial score (nSPS) is 23.5. The first-order chi connectivity index (χ1) is 27.3. The zero-order valence-electron chi connectivity index (χ0n) is 30.9. The number of hydrogen-bond donors (Lipinski definition) is 2. The second-order valence-electron chi connectivity index (χ2n) is 14.2. The van der Waals surface area contributed by atoms with Crippen molar-refractivity contribution in [2.75, 3.05) is 44.5 Å². The summed E-state index contributed by atoms with van der Waals surface area (Å²) in [5, 5.41) is 9.12. The maximum Gasteiger partial charge on any atom is 0.420 e. The molecule has 6 atom stereocenters. The molecule has 1 aromatic carbocycles. The molecule has 5 heterocycles. The SMILES string of the molecule is CO[C@H]1CCN(C)[C@@H]1[C@H](C)Oc1nc2c3c(c(C(F)(F)F)c(C4C=CC(F)=C5SC(N)=C(C#N)C54)c(F)c3n1)OCCN2[C@H](CCC(F)(F)F)c1cc(F)cnc1N. The minimum atomic E-state index is -5.40. The van der Waals surface area contributed by atoms with Crippen molar-refractivity contribution in [3.05, 3.63) is 74.1 Å². The molecule has 0 spiro atoms. The van der Waals surface area contributed by atoms with Crippen molar-refractivity contribution in [3.63, 3.8) is 0 Å². The maximum absolute atomic E-state index is 17.6. The molecule has 1 fully saturated rings. The van der Waals surface area contributed by atoms with Gasteiger partial charge in [0.25, 0.3) is 0 Å². The summed E-state index contributed by atoms with van der Waals surface area (Å²) in [6.07, 6.45) is -10.4. The number of methoxy groups -OCH3 is 1. The first-order valence-electron chi connectivity index (χ1n) is 17.9. The van der Waals surface area contributed by atoms with Crippen LogP contribution in [0, 0.1) is 28.9 Å². The highest BCUT2D eigenvalue weighted by Gasteiger charge is 2.49. The lowest BCUT2D eigenvalue weighted by Gasteiger charge is -2.34. The molecule has 3 aliphatic heterocycles. The van der Waals surface area contributed by atoms with Crippen LogP contribution in [0.5, 0.6) is 11.8 Å². The number of nitrogens with zero attached hydrogens (tertiary/aromatic N) is 6. The van der Waals surface area contributed by atoms with Crippen LogP contribution < -0.4 is 25.8 Å². The lowest BCUT2D eigenvalue weighted by Crippen LogP contribution is -2.45. The highest BCUT2D eigenvalue weighted by Crippen LogP contribution is 2.58. The average Bonchev–Trinajstić information content (AvgIpc) is 3.64. The number of alkyl halides is 6. The van der Waals surface area contributed by atoms with Crippen LogP contribution in [0.4, 0.5) is 51.1 Å². The monoisotopic (exact) mass is 842 g/mol. The summed E-state index contributed by atoms with van der Waals surface area (Å²) >= 11 is 0.636. The number of nitrogen functional groups attached to an aromatic ring is 1. The molecular formula is C37H35F9N8O3S. The average molecular weight is 843 g/mol.